The molecule has 2 aromatic carbocycles. The number of carbonyl (C=O) groups excluding carboxylic acids is 1. The molecule has 1 aromatic heterocycles. The van der Waals surface area contributed by atoms with Gasteiger partial charge in [-0.25, -0.2) is 4.98 Å². The fourth-order valence-electron chi connectivity index (χ4n) is 3.22. The molecule has 0 saturated heterocycles. The van der Waals surface area contributed by atoms with Crippen molar-refractivity contribution in [2.24, 2.45) is 0 Å². The number of hydrogen-bond donors (Lipinski definition) is 0. The van der Waals surface area contributed by atoms with Crippen LogP contribution in [0.2, 0.25) is 0 Å². The molecule has 0 aliphatic rings. The van der Waals surface area contributed by atoms with Crippen LogP contribution in [0.25, 0.3) is 11.0 Å². The van der Waals surface area contributed by atoms with Gasteiger partial charge < -0.3 is 9.47 Å². The van der Waals surface area contributed by atoms with Crippen molar-refractivity contribution >= 4 is 32.9 Å². The summed E-state index contributed by atoms with van der Waals surface area (Å²) in [6.45, 7) is 6.39. The zero-order valence-electron chi connectivity index (χ0n) is 15.3. The van der Waals surface area contributed by atoms with Gasteiger partial charge in [-0.05, 0) is 43.2 Å². The van der Waals surface area contributed by atoms with E-state index in [1.165, 1.54) is 0 Å². The number of aromatic nitrogens is 2. The molecule has 0 atom stereocenters. The van der Waals surface area contributed by atoms with Gasteiger partial charge in [-0.15, -0.1) is 0 Å². The third kappa shape index (κ3) is 3.98. The number of amides is 1. The summed E-state index contributed by atoms with van der Waals surface area (Å²) < 4.78 is 3.16. The Morgan fingerprint density at radius 3 is 2.65 bits per heavy atom. The first kappa shape index (κ1) is 18.6. The number of hydrogen-bond acceptors (Lipinski definition) is 2. The van der Waals surface area contributed by atoms with Gasteiger partial charge in [0.05, 0.1) is 17.6 Å². The summed E-state index contributed by atoms with van der Waals surface area (Å²) in [6, 6.07) is 15.7. The van der Waals surface area contributed by atoms with Gasteiger partial charge in [-0.1, -0.05) is 48.0 Å². The van der Waals surface area contributed by atoms with E-state index in [0.29, 0.717) is 18.7 Å². The molecular formula is C21H24BrN3O. The Bertz CT molecular complexity index is 903. The highest BCUT2D eigenvalue weighted by Crippen LogP contribution is 2.20. The number of carbonyl (C=O) groups is 1. The molecule has 0 bridgehead atoms. The molecule has 4 nitrogen and oxygen atoms in total. The molecule has 0 aliphatic carbocycles. The minimum Gasteiger partial charge on any atom is -0.331 e. The largest absolute Gasteiger partial charge is 0.331 e. The normalized spacial score (nSPS) is 11.0. The van der Waals surface area contributed by atoms with Gasteiger partial charge in [-0.2, -0.15) is 0 Å². The summed E-state index contributed by atoms with van der Waals surface area (Å²) in [4.78, 5) is 19.7. The third-order valence-electron chi connectivity index (χ3n) is 4.37. The minimum atomic E-state index is 0.0447. The monoisotopic (exact) mass is 413 g/mol. The Balaban J connectivity index is 1.94. The number of benzene rings is 2. The summed E-state index contributed by atoms with van der Waals surface area (Å²) in [5.41, 5.74) is 2.82. The van der Waals surface area contributed by atoms with E-state index in [2.05, 4.69) is 40.4 Å². The summed E-state index contributed by atoms with van der Waals surface area (Å²) in [5.74, 6) is 0.994. The van der Waals surface area contributed by atoms with Crippen LogP contribution in [-0.2, 0) is 13.1 Å². The van der Waals surface area contributed by atoms with Crippen molar-refractivity contribution < 1.29 is 4.79 Å². The lowest BCUT2D eigenvalue weighted by molar-refractivity contribution is 0.0737. The van der Waals surface area contributed by atoms with E-state index in [0.717, 1.165) is 40.7 Å². The van der Waals surface area contributed by atoms with Gasteiger partial charge in [0.15, 0.2) is 0 Å². The smallest absolute Gasteiger partial charge is 0.254 e. The quantitative estimate of drug-likeness (QED) is 0.529. The molecule has 136 valence electrons. The average Bonchev–Trinajstić information content (AvgIpc) is 2.98. The van der Waals surface area contributed by atoms with Crippen LogP contribution in [-0.4, -0.2) is 26.9 Å². The number of para-hydroxylation sites is 2. The first-order valence-electron chi connectivity index (χ1n) is 9.13. The van der Waals surface area contributed by atoms with E-state index in [-0.39, 0.29) is 5.91 Å². The molecule has 0 N–H and O–H groups in total. The van der Waals surface area contributed by atoms with E-state index < -0.39 is 0 Å². The predicted molar refractivity (Wildman–Crippen MR) is 109 cm³/mol. The maximum absolute atomic E-state index is 13.0. The van der Waals surface area contributed by atoms with Crippen molar-refractivity contribution in [1.82, 2.24) is 14.5 Å². The topological polar surface area (TPSA) is 38.1 Å². The van der Waals surface area contributed by atoms with Crippen LogP contribution in [0.15, 0.2) is 53.0 Å². The number of rotatable bonds is 7. The zero-order valence-corrected chi connectivity index (χ0v) is 16.9. The second kappa shape index (κ2) is 8.49. The third-order valence-corrected chi connectivity index (χ3v) is 4.86. The average molecular weight is 414 g/mol. The molecule has 0 saturated carbocycles. The molecule has 26 heavy (non-hydrogen) atoms. The Morgan fingerprint density at radius 1 is 1.12 bits per heavy atom. The van der Waals surface area contributed by atoms with E-state index in [4.69, 9.17) is 4.98 Å². The van der Waals surface area contributed by atoms with Crippen LogP contribution in [0.1, 0.15) is 42.9 Å². The zero-order chi connectivity index (χ0) is 18.5. The molecule has 1 heterocycles. The van der Waals surface area contributed by atoms with E-state index in [9.17, 15) is 4.79 Å². The number of halogens is 1. The molecule has 0 aliphatic heterocycles. The van der Waals surface area contributed by atoms with Gasteiger partial charge in [0.2, 0.25) is 0 Å². The highest BCUT2D eigenvalue weighted by Gasteiger charge is 2.19. The Labute approximate surface area is 163 Å². The first-order valence-corrected chi connectivity index (χ1v) is 9.92. The van der Waals surface area contributed by atoms with Crippen molar-refractivity contribution in [2.75, 3.05) is 6.54 Å². The maximum atomic E-state index is 13.0. The van der Waals surface area contributed by atoms with Crippen LogP contribution in [0.3, 0.4) is 0 Å². The molecule has 0 unspecified atom stereocenters. The number of imidazole rings is 1. The first-order chi connectivity index (χ1) is 12.6. The molecule has 0 fully saturated rings. The van der Waals surface area contributed by atoms with Gasteiger partial charge in [0.1, 0.15) is 5.82 Å². The molecule has 0 spiro atoms. The summed E-state index contributed by atoms with van der Waals surface area (Å²) in [6.07, 6.45) is 1.94. The molecule has 1 amide bonds. The Morgan fingerprint density at radius 2 is 1.92 bits per heavy atom. The number of nitrogens with zero attached hydrogens (tertiary/aromatic N) is 3. The lowest BCUT2D eigenvalue weighted by Gasteiger charge is -2.22. The lowest BCUT2D eigenvalue weighted by Crippen LogP contribution is -2.32. The molecule has 0 radical (unpaired) electrons. The number of fused-ring (bicyclic) bond motifs is 1. The molecule has 5 heteroatoms. The van der Waals surface area contributed by atoms with Crippen LogP contribution >= 0.6 is 15.9 Å². The predicted octanol–water partition coefficient (Wildman–Crippen LogP) is 5.26. The van der Waals surface area contributed by atoms with Gasteiger partial charge in [-0.3, -0.25) is 4.79 Å². The van der Waals surface area contributed by atoms with Crippen molar-refractivity contribution in [3.8, 4) is 0 Å². The summed E-state index contributed by atoms with van der Waals surface area (Å²) in [7, 11) is 0. The maximum Gasteiger partial charge on any atom is 0.254 e. The Hall–Kier alpha value is -2.14. The highest BCUT2D eigenvalue weighted by molar-refractivity contribution is 9.10. The van der Waals surface area contributed by atoms with Crippen LogP contribution in [0.4, 0.5) is 0 Å². The van der Waals surface area contributed by atoms with Crippen molar-refractivity contribution in [3.63, 3.8) is 0 Å². The second-order valence-corrected chi connectivity index (χ2v) is 7.32. The minimum absolute atomic E-state index is 0.0447. The van der Waals surface area contributed by atoms with E-state index in [1.807, 2.05) is 47.4 Å². The SMILES string of the molecule is CCCN(Cc1nc2ccccc2n1CCC)C(=O)c1cccc(Br)c1. The highest BCUT2D eigenvalue weighted by atomic mass is 79.9. The Kier molecular flexibility index (Phi) is 6.09. The fraction of sp³-hybridized carbons (Fsp3) is 0.333. The standard InChI is InChI=1S/C21H24BrN3O/c1-3-12-24(21(26)16-8-7-9-17(22)14-16)15-20-23-18-10-5-6-11-19(18)25(20)13-4-2/h5-11,14H,3-4,12-13,15H2,1-2H3. The molecular weight excluding hydrogens is 390 g/mol. The van der Waals surface area contributed by atoms with Crippen LogP contribution in [0, 0.1) is 0 Å². The van der Waals surface area contributed by atoms with Gasteiger partial charge >= 0.3 is 0 Å². The fourth-order valence-corrected chi connectivity index (χ4v) is 3.62. The van der Waals surface area contributed by atoms with E-state index in [1.54, 1.807) is 0 Å². The van der Waals surface area contributed by atoms with Crippen molar-refractivity contribution in [1.29, 1.82) is 0 Å². The van der Waals surface area contributed by atoms with Crippen LogP contribution < -0.4 is 0 Å². The molecule has 3 aromatic rings. The van der Waals surface area contributed by atoms with Crippen molar-refractivity contribution in [2.45, 2.75) is 39.8 Å². The van der Waals surface area contributed by atoms with E-state index >= 15 is 0 Å². The van der Waals surface area contributed by atoms with Crippen LogP contribution in [0.5, 0.6) is 0 Å². The second-order valence-electron chi connectivity index (χ2n) is 6.41. The van der Waals surface area contributed by atoms with Crippen molar-refractivity contribution in [3.05, 3.63) is 64.4 Å². The summed E-state index contributed by atoms with van der Waals surface area (Å²) in [5, 5.41) is 0. The van der Waals surface area contributed by atoms with Gasteiger partial charge in [0, 0.05) is 23.1 Å². The lowest BCUT2D eigenvalue weighted by atomic mass is 10.2. The number of aryl methyl sites for hydroxylation is 1. The van der Waals surface area contributed by atoms with Gasteiger partial charge in [0.25, 0.3) is 5.91 Å². The summed E-state index contributed by atoms with van der Waals surface area (Å²) >= 11 is 3.45. The molecule has 3 rings (SSSR count).